The molecule has 0 fully saturated rings. The third kappa shape index (κ3) is 17.9. The van der Waals surface area contributed by atoms with E-state index in [-0.39, 0.29) is 22.3 Å². The van der Waals surface area contributed by atoms with E-state index in [0.29, 0.717) is 0 Å². The first-order valence-electron chi connectivity index (χ1n) is 2.34. The Morgan fingerprint density at radius 1 is 1.22 bits per heavy atom. The summed E-state index contributed by atoms with van der Waals surface area (Å²) in [6, 6.07) is 1.25. The van der Waals surface area contributed by atoms with Crippen LogP contribution in [0.2, 0.25) is 12.6 Å². The molecule has 1 nitrogen and oxygen atoms in total. The molecular weight excluding hydrogens is 128 g/mol. The van der Waals surface area contributed by atoms with Gasteiger partial charge in [-0.05, 0) is 12.6 Å². The lowest BCUT2D eigenvalue weighted by atomic mass is 11.0. The van der Waals surface area contributed by atoms with E-state index in [0.717, 1.165) is 0 Å². The molecule has 62 valence electrons. The lowest BCUT2D eigenvalue weighted by molar-refractivity contribution is 0.425. The van der Waals surface area contributed by atoms with E-state index in [1.165, 1.54) is 6.04 Å². The van der Waals surface area contributed by atoms with Gasteiger partial charge in [0.05, 0.1) is 0 Å². The summed E-state index contributed by atoms with van der Waals surface area (Å²) in [6.07, 6.45) is 0. The van der Waals surface area contributed by atoms with Crippen LogP contribution in [0.1, 0.15) is 29.2 Å². The monoisotopic (exact) mass is 152 g/mol. The molecule has 0 heterocycles. The van der Waals surface area contributed by atoms with Gasteiger partial charge < -0.3 is 4.43 Å². The third-order valence-corrected chi connectivity index (χ3v) is 2.93. The van der Waals surface area contributed by atoms with Gasteiger partial charge in [-0.25, -0.2) is 0 Å². The van der Waals surface area contributed by atoms with Crippen molar-refractivity contribution in [2.75, 3.05) is 7.11 Å². The van der Waals surface area contributed by atoms with Gasteiger partial charge in [0.15, 0.2) is 9.04 Å². The molecule has 0 aromatic rings. The normalized spacial score (nSPS) is 9.67. The number of hydrogen-bond acceptors (Lipinski definition) is 1. The second-order valence-corrected chi connectivity index (χ2v) is 4.36. The predicted octanol–water partition coefficient (Wildman–Crippen LogP) is 2.91. The molecule has 0 aromatic carbocycles. The Kier molecular flexibility index (Phi) is 40.0. The molecule has 0 saturated heterocycles. The molecule has 0 aliphatic rings. The minimum Gasteiger partial charge on any atom is -0.423 e. The van der Waals surface area contributed by atoms with Crippen molar-refractivity contribution in [1.29, 1.82) is 0 Å². The fraction of sp³-hybridized carbons (Fsp3) is 1.00. The maximum absolute atomic E-state index is 5.04. The van der Waals surface area contributed by atoms with Crippen LogP contribution in [-0.2, 0) is 4.43 Å². The Hall–Kier alpha value is 0.177. The van der Waals surface area contributed by atoms with Crippen molar-refractivity contribution in [3.8, 4) is 0 Å². The van der Waals surface area contributed by atoms with Crippen molar-refractivity contribution in [3.63, 3.8) is 0 Å². The molecule has 0 rings (SSSR count). The predicted molar refractivity (Wildman–Crippen MR) is 50.7 cm³/mol. The Morgan fingerprint density at radius 3 is 1.56 bits per heavy atom. The third-order valence-electron chi connectivity index (χ3n) is 0.977. The lowest BCUT2D eigenvalue weighted by Gasteiger charge is -1.98. The Morgan fingerprint density at radius 2 is 1.56 bits per heavy atom. The van der Waals surface area contributed by atoms with Gasteiger partial charge in [0.2, 0.25) is 0 Å². The van der Waals surface area contributed by atoms with Gasteiger partial charge in [0.25, 0.3) is 0 Å². The van der Waals surface area contributed by atoms with E-state index >= 15 is 0 Å². The first-order valence-corrected chi connectivity index (χ1v) is 4.78. The zero-order chi connectivity index (χ0) is 4.99. The van der Waals surface area contributed by atoms with Gasteiger partial charge in [-0.1, -0.05) is 29.2 Å². The molecule has 0 bridgehead atoms. The zero-order valence-electron chi connectivity index (χ0n) is 4.69. The van der Waals surface area contributed by atoms with Crippen LogP contribution in [-0.4, -0.2) is 16.2 Å². The summed E-state index contributed by atoms with van der Waals surface area (Å²) in [4.78, 5) is 0. The summed E-state index contributed by atoms with van der Waals surface area (Å²) in [5.41, 5.74) is 0. The van der Waals surface area contributed by atoms with Gasteiger partial charge in [0.1, 0.15) is 0 Å². The van der Waals surface area contributed by atoms with E-state index in [4.69, 9.17) is 4.43 Å². The zero-order valence-corrected chi connectivity index (χ0v) is 5.85. The summed E-state index contributed by atoms with van der Waals surface area (Å²) in [6.45, 7) is 4.36. The molecule has 2 heteroatoms. The summed E-state index contributed by atoms with van der Waals surface area (Å²) < 4.78 is 5.04. The molecule has 0 aliphatic heterocycles. The minimum absolute atomic E-state index is 0. The first-order chi connectivity index (χ1) is 2.81. The highest BCUT2D eigenvalue weighted by Crippen LogP contribution is 1.86. The van der Waals surface area contributed by atoms with Gasteiger partial charge >= 0.3 is 0 Å². The van der Waals surface area contributed by atoms with Crippen LogP contribution in [0.3, 0.4) is 0 Å². The maximum Gasteiger partial charge on any atom is 0.173 e. The first kappa shape index (κ1) is 22.9. The molecule has 0 amide bonds. The largest absolute Gasteiger partial charge is 0.423 e. The van der Waals surface area contributed by atoms with Crippen LogP contribution in [0.15, 0.2) is 0 Å². The van der Waals surface area contributed by atoms with Crippen LogP contribution in [0.4, 0.5) is 0 Å². The topological polar surface area (TPSA) is 9.23 Å². The van der Waals surface area contributed by atoms with Crippen LogP contribution >= 0.6 is 0 Å². The van der Waals surface area contributed by atoms with E-state index in [2.05, 4.69) is 13.5 Å². The molecule has 1 atom stereocenters. The highest BCUT2D eigenvalue weighted by atomic mass is 28.3. The molecule has 0 spiro atoms. The van der Waals surface area contributed by atoms with Crippen LogP contribution in [0, 0.1) is 0 Å². The summed E-state index contributed by atoms with van der Waals surface area (Å²) in [7, 11) is 1.13. The van der Waals surface area contributed by atoms with E-state index in [1.54, 1.807) is 7.11 Å². The smallest absolute Gasteiger partial charge is 0.173 e. The Balaban J connectivity index is -0.0000000417. The quantitative estimate of drug-likeness (QED) is 0.553. The van der Waals surface area contributed by atoms with Crippen molar-refractivity contribution in [1.82, 2.24) is 0 Å². The van der Waals surface area contributed by atoms with E-state index < -0.39 is 9.04 Å². The average molecular weight is 152 g/mol. The lowest BCUT2D eigenvalue weighted by Crippen LogP contribution is -2.06. The second kappa shape index (κ2) is 15.7. The maximum atomic E-state index is 5.04. The van der Waals surface area contributed by atoms with E-state index in [9.17, 15) is 0 Å². The fourth-order valence-electron chi connectivity index (χ4n) is 0.167. The van der Waals surface area contributed by atoms with Gasteiger partial charge in [0, 0.05) is 7.11 Å². The number of rotatable bonds is 2. The van der Waals surface area contributed by atoms with Crippen molar-refractivity contribution in [2.24, 2.45) is 0 Å². The van der Waals surface area contributed by atoms with Gasteiger partial charge in [-0.15, -0.1) is 0 Å². The highest BCUT2D eigenvalue weighted by Gasteiger charge is 1.92. The van der Waals surface area contributed by atoms with Crippen molar-refractivity contribution in [2.45, 2.75) is 41.8 Å². The van der Waals surface area contributed by atoms with Crippen molar-refractivity contribution >= 4 is 9.04 Å². The standard InChI is InChI=1S/C4H12OSi.3CH4/c1-4-6(3)5-2;;;/h6H,4H2,1-3H3;3*1H4. The molecule has 0 N–H and O–H groups in total. The van der Waals surface area contributed by atoms with Crippen molar-refractivity contribution < 1.29 is 4.43 Å². The number of hydrogen-bond donors (Lipinski definition) is 0. The second-order valence-electron chi connectivity index (χ2n) is 1.45. The van der Waals surface area contributed by atoms with Gasteiger partial charge in [-0.2, -0.15) is 0 Å². The van der Waals surface area contributed by atoms with Crippen LogP contribution < -0.4 is 0 Å². The fourth-order valence-corrected chi connectivity index (χ4v) is 0.500. The molecule has 1 unspecified atom stereocenters. The summed E-state index contributed by atoms with van der Waals surface area (Å²) in [5.74, 6) is 0. The molecule has 0 aromatic heterocycles. The van der Waals surface area contributed by atoms with Crippen LogP contribution in [0.5, 0.6) is 0 Å². The summed E-state index contributed by atoms with van der Waals surface area (Å²) in [5, 5.41) is 0. The summed E-state index contributed by atoms with van der Waals surface area (Å²) >= 11 is 0. The highest BCUT2D eigenvalue weighted by molar-refractivity contribution is 6.49. The SMILES string of the molecule is C.C.C.CC[SiH](C)OC. The molecule has 0 aliphatic carbocycles. The molecular formula is C7H24OSi. The van der Waals surface area contributed by atoms with Crippen molar-refractivity contribution in [3.05, 3.63) is 0 Å². The average Bonchev–Trinajstić information content (AvgIpc) is 1.65. The minimum atomic E-state index is -0.660. The Bertz CT molecular complexity index is 28.1. The van der Waals surface area contributed by atoms with Gasteiger partial charge in [-0.3, -0.25) is 0 Å². The van der Waals surface area contributed by atoms with E-state index in [1.807, 2.05) is 0 Å². The molecule has 0 radical (unpaired) electrons. The molecule has 9 heavy (non-hydrogen) atoms. The molecule has 0 saturated carbocycles. The van der Waals surface area contributed by atoms with Crippen LogP contribution in [0.25, 0.3) is 0 Å². The Labute approximate surface area is 63.2 Å².